The number of carboxylic acid groups (broad SMARTS) is 1. The summed E-state index contributed by atoms with van der Waals surface area (Å²) in [6.45, 7) is 0. The van der Waals surface area contributed by atoms with E-state index in [1.54, 1.807) is 30.6 Å². The van der Waals surface area contributed by atoms with Crippen LogP contribution in [0.4, 0.5) is 17.1 Å². The van der Waals surface area contributed by atoms with Crippen molar-refractivity contribution in [1.29, 1.82) is 0 Å². The zero-order chi connectivity index (χ0) is 12.3. The molecule has 0 bridgehead atoms. The van der Waals surface area contributed by atoms with Crippen LogP contribution in [0.25, 0.3) is 0 Å². The third-order valence-corrected chi connectivity index (χ3v) is 2.26. The number of aromatic nitrogens is 1. The minimum atomic E-state index is -0.993. The van der Waals surface area contributed by atoms with Gasteiger partial charge in [0.2, 0.25) is 0 Å². The lowest BCUT2D eigenvalue weighted by atomic mass is 10.1. The molecule has 1 aromatic carbocycles. The lowest BCUT2D eigenvalue weighted by Crippen LogP contribution is -2.01. The summed E-state index contributed by atoms with van der Waals surface area (Å²) in [5.41, 5.74) is 7.84. The maximum absolute atomic E-state index is 10.7. The van der Waals surface area contributed by atoms with Gasteiger partial charge in [0.25, 0.3) is 0 Å². The fourth-order valence-electron chi connectivity index (χ4n) is 1.40. The van der Waals surface area contributed by atoms with Crippen LogP contribution in [0.1, 0.15) is 10.4 Å². The highest BCUT2D eigenvalue weighted by atomic mass is 16.4. The number of nitrogens with zero attached hydrogens (tertiary/aromatic N) is 1. The third kappa shape index (κ3) is 2.52. The maximum atomic E-state index is 10.7. The van der Waals surface area contributed by atoms with E-state index in [1.165, 1.54) is 12.1 Å². The van der Waals surface area contributed by atoms with Crippen molar-refractivity contribution in [3.63, 3.8) is 0 Å². The first-order chi connectivity index (χ1) is 8.16. The van der Waals surface area contributed by atoms with Gasteiger partial charge >= 0.3 is 5.97 Å². The molecule has 0 unspecified atom stereocenters. The summed E-state index contributed by atoms with van der Waals surface area (Å²) in [6.07, 6.45) is 3.31. The second-order valence-electron chi connectivity index (χ2n) is 3.47. The number of hydrogen-bond acceptors (Lipinski definition) is 4. The Balaban J connectivity index is 2.26. The van der Waals surface area contributed by atoms with Crippen molar-refractivity contribution in [2.45, 2.75) is 0 Å². The van der Waals surface area contributed by atoms with Crippen molar-refractivity contribution in [1.82, 2.24) is 4.98 Å². The van der Waals surface area contributed by atoms with Gasteiger partial charge in [0.15, 0.2) is 0 Å². The average molecular weight is 229 g/mol. The zero-order valence-electron chi connectivity index (χ0n) is 8.92. The second kappa shape index (κ2) is 4.52. The van der Waals surface area contributed by atoms with Gasteiger partial charge in [0.05, 0.1) is 16.9 Å². The molecule has 2 aromatic rings. The molecule has 86 valence electrons. The molecule has 0 spiro atoms. The predicted octanol–water partition coefficient (Wildman–Crippen LogP) is 2.11. The minimum Gasteiger partial charge on any atom is -0.478 e. The number of anilines is 3. The Morgan fingerprint density at radius 1 is 1.24 bits per heavy atom. The molecule has 0 saturated heterocycles. The number of benzene rings is 1. The first-order valence-electron chi connectivity index (χ1n) is 4.96. The van der Waals surface area contributed by atoms with Crippen LogP contribution < -0.4 is 11.1 Å². The SMILES string of the molecule is Nc1cc(C(=O)O)ccc1Nc1ccncc1. The fraction of sp³-hybridized carbons (Fsp3) is 0. The molecule has 0 aliphatic heterocycles. The molecule has 2 rings (SSSR count). The number of pyridine rings is 1. The second-order valence-corrected chi connectivity index (χ2v) is 3.47. The Morgan fingerprint density at radius 2 is 1.94 bits per heavy atom. The smallest absolute Gasteiger partial charge is 0.335 e. The number of nitrogen functional groups attached to an aromatic ring is 1. The van der Waals surface area contributed by atoms with Gasteiger partial charge in [0, 0.05) is 18.1 Å². The van der Waals surface area contributed by atoms with Gasteiger partial charge in [-0.15, -0.1) is 0 Å². The van der Waals surface area contributed by atoms with E-state index in [-0.39, 0.29) is 5.56 Å². The number of nitrogens with two attached hydrogens (primary N) is 1. The summed E-state index contributed by atoms with van der Waals surface area (Å²) in [7, 11) is 0. The van der Waals surface area contributed by atoms with E-state index >= 15 is 0 Å². The van der Waals surface area contributed by atoms with Gasteiger partial charge in [-0.3, -0.25) is 4.98 Å². The van der Waals surface area contributed by atoms with E-state index in [1.807, 2.05) is 0 Å². The van der Waals surface area contributed by atoms with Crippen molar-refractivity contribution in [2.24, 2.45) is 0 Å². The first-order valence-corrected chi connectivity index (χ1v) is 4.96. The van der Waals surface area contributed by atoms with E-state index < -0.39 is 5.97 Å². The summed E-state index contributed by atoms with van der Waals surface area (Å²) >= 11 is 0. The molecule has 0 aliphatic carbocycles. The topological polar surface area (TPSA) is 88.2 Å². The van der Waals surface area contributed by atoms with Crippen LogP contribution in [-0.2, 0) is 0 Å². The van der Waals surface area contributed by atoms with E-state index in [9.17, 15) is 4.79 Å². The summed E-state index contributed by atoms with van der Waals surface area (Å²) < 4.78 is 0. The summed E-state index contributed by atoms with van der Waals surface area (Å²) in [6, 6.07) is 8.16. The van der Waals surface area contributed by atoms with E-state index in [0.29, 0.717) is 11.4 Å². The predicted molar refractivity (Wildman–Crippen MR) is 65.3 cm³/mol. The molecule has 0 saturated carbocycles. The molecule has 0 radical (unpaired) electrons. The molecular weight excluding hydrogens is 218 g/mol. The van der Waals surface area contributed by atoms with Crippen LogP contribution in [-0.4, -0.2) is 16.1 Å². The number of hydrogen-bond donors (Lipinski definition) is 3. The highest BCUT2D eigenvalue weighted by Crippen LogP contribution is 2.23. The Morgan fingerprint density at radius 3 is 2.53 bits per heavy atom. The quantitative estimate of drug-likeness (QED) is 0.701. The minimum absolute atomic E-state index is 0.169. The monoisotopic (exact) mass is 229 g/mol. The van der Waals surface area contributed by atoms with Gasteiger partial charge in [-0.2, -0.15) is 0 Å². The van der Waals surface area contributed by atoms with E-state index in [4.69, 9.17) is 10.8 Å². The van der Waals surface area contributed by atoms with Crippen molar-refractivity contribution in [3.05, 3.63) is 48.3 Å². The van der Waals surface area contributed by atoms with Crippen LogP contribution in [0.2, 0.25) is 0 Å². The molecule has 5 nitrogen and oxygen atoms in total. The average Bonchev–Trinajstić information content (AvgIpc) is 2.33. The highest BCUT2D eigenvalue weighted by molar-refractivity contribution is 5.90. The molecule has 1 aromatic heterocycles. The van der Waals surface area contributed by atoms with Gasteiger partial charge in [-0.25, -0.2) is 4.79 Å². The molecule has 0 amide bonds. The molecule has 0 atom stereocenters. The van der Waals surface area contributed by atoms with E-state index in [0.717, 1.165) is 5.69 Å². The molecule has 17 heavy (non-hydrogen) atoms. The Labute approximate surface area is 97.9 Å². The third-order valence-electron chi connectivity index (χ3n) is 2.26. The normalized spacial score (nSPS) is 9.88. The number of aromatic carboxylic acids is 1. The summed E-state index contributed by atoms with van der Waals surface area (Å²) in [5, 5.41) is 11.9. The molecule has 4 N–H and O–H groups in total. The number of rotatable bonds is 3. The highest BCUT2D eigenvalue weighted by Gasteiger charge is 2.06. The van der Waals surface area contributed by atoms with Gasteiger partial charge in [0.1, 0.15) is 0 Å². The van der Waals surface area contributed by atoms with Crippen LogP contribution in [0.15, 0.2) is 42.7 Å². The largest absolute Gasteiger partial charge is 0.478 e. The molecular formula is C12H11N3O2. The molecule has 5 heteroatoms. The number of nitrogens with one attached hydrogen (secondary N) is 1. The van der Waals surface area contributed by atoms with Crippen LogP contribution in [0.5, 0.6) is 0 Å². The standard InChI is InChI=1S/C12H11N3O2/c13-10-7-8(12(16)17)1-2-11(10)15-9-3-5-14-6-4-9/h1-7H,13H2,(H,14,15)(H,16,17). The van der Waals surface area contributed by atoms with Crippen LogP contribution in [0, 0.1) is 0 Å². The van der Waals surface area contributed by atoms with Crippen molar-refractivity contribution in [2.75, 3.05) is 11.1 Å². The molecule has 1 heterocycles. The number of carbonyl (C=O) groups is 1. The van der Waals surface area contributed by atoms with Gasteiger partial charge in [-0.1, -0.05) is 0 Å². The first kappa shape index (κ1) is 10.9. The Hall–Kier alpha value is -2.56. The van der Waals surface area contributed by atoms with Crippen molar-refractivity contribution < 1.29 is 9.90 Å². The molecule has 0 aliphatic rings. The van der Waals surface area contributed by atoms with E-state index in [2.05, 4.69) is 10.3 Å². The number of carboxylic acids is 1. The van der Waals surface area contributed by atoms with Crippen molar-refractivity contribution >= 4 is 23.0 Å². The van der Waals surface area contributed by atoms with Crippen LogP contribution >= 0.6 is 0 Å². The van der Waals surface area contributed by atoms with Crippen molar-refractivity contribution in [3.8, 4) is 0 Å². The van der Waals surface area contributed by atoms with Crippen LogP contribution in [0.3, 0.4) is 0 Å². The summed E-state index contributed by atoms with van der Waals surface area (Å²) in [5.74, 6) is -0.993. The Kier molecular flexibility index (Phi) is 2.91. The van der Waals surface area contributed by atoms with Gasteiger partial charge < -0.3 is 16.2 Å². The fourth-order valence-corrected chi connectivity index (χ4v) is 1.40. The summed E-state index contributed by atoms with van der Waals surface area (Å²) in [4.78, 5) is 14.6. The Bertz CT molecular complexity index is 541. The lowest BCUT2D eigenvalue weighted by molar-refractivity contribution is 0.0697. The maximum Gasteiger partial charge on any atom is 0.335 e. The lowest BCUT2D eigenvalue weighted by Gasteiger charge is -2.09. The van der Waals surface area contributed by atoms with Gasteiger partial charge in [-0.05, 0) is 30.3 Å². The zero-order valence-corrected chi connectivity index (χ0v) is 8.92. The molecule has 0 fully saturated rings.